The average Bonchev–Trinajstić information content (AvgIpc) is 2.85. The van der Waals surface area contributed by atoms with Crippen LogP contribution in [0.15, 0.2) is 30.7 Å². The van der Waals surface area contributed by atoms with Crippen LogP contribution in [0.2, 0.25) is 5.02 Å². The Morgan fingerprint density at radius 2 is 2.26 bits per heavy atom. The molecule has 2 heterocycles. The molecule has 0 aliphatic heterocycles. The van der Waals surface area contributed by atoms with Crippen LogP contribution in [0.4, 0.5) is 0 Å². The Bertz CT molecular complexity index is 525. The van der Waals surface area contributed by atoms with Crippen molar-refractivity contribution < 1.29 is 0 Å². The minimum atomic E-state index is -0.147. The van der Waals surface area contributed by atoms with Gasteiger partial charge in [0.25, 0.3) is 0 Å². The second-order valence-corrected chi connectivity index (χ2v) is 4.74. The first-order valence-corrected chi connectivity index (χ1v) is 6.70. The number of rotatable bonds is 6. The quantitative estimate of drug-likeness (QED) is 0.628. The average molecular weight is 280 g/mol. The molecule has 19 heavy (non-hydrogen) atoms. The van der Waals surface area contributed by atoms with Crippen LogP contribution in [-0.2, 0) is 13.0 Å². The number of pyridine rings is 1. The van der Waals surface area contributed by atoms with E-state index in [-0.39, 0.29) is 6.04 Å². The molecule has 0 radical (unpaired) electrons. The largest absolute Gasteiger partial charge is 0.335 e. The van der Waals surface area contributed by atoms with Crippen LogP contribution in [0, 0.1) is 0 Å². The van der Waals surface area contributed by atoms with E-state index in [1.807, 2.05) is 12.3 Å². The van der Waals surface area contributed by atoms with E-state index in [1.165, 1.54) is 0 Å². The first-order valence-electron chi connectivity index (χ1n) is 6.32. The van der Waals surface area contributed by atoms with E-state index in [0.717, 1.165) is 24.5 Å². The lowest BCUT2D eigenvalue weighted by Gasteiger charge is -2.17. The van der Waals surface area contributed by atoms with Gasteiger partial charge in [0.15, 0.2) is 0 Å². The summed E-state index contributed by atoms with van der Waals surface area (Å²) < 4.78 is 2.13. The lowest BCUT2D eigenvalue weighted by molar-refractivity contribution is 0.507. The van der Waals surface area contributed by atoms with Gasteiger partial charge in [-0.1, -0.05) is 18.5 Å². The van der Waals surface area contributed by atoms with Gasteiger partial charge in [0.05, 0.1) is 16.8 Å². The number of halogens is 1. The minimum absolute atomic E-state index is 0.147. The summed E-state index contributed by atoms with van der Waals surface area (Å²) in [4.78, 5) is 8.67. The molecule has 0 aliphatic rings. The molecule has 3 N–H and O–H groups in total. The Morgan fingerprint density at radius 3 is 2.95 bits per heavy atom. The first kappa shape index (κ1) is 14.0. The van der Waals surface area contributed by atoms with Gasteiger partial charge < -0.3 is 4.57 Å². The van der Waals surface area contributed by atoms with Crippen molar-refractivity contribution in [3.05, 3.63) is 47.3 Å². The van der Waals surface area contributed by atoms with Crippen molar-refractivity contribution >= 4 is 11.6 Å². The minimum Gasteiger partial charge on any atom is -0.335 e. The van der Waals surface area contributed by atoms with Crippen molar-refractivity contribution in [2.75, 3.05) is 0 Å². The fourth-order valence-electron chi connectivity index (χ4n) is 2.05. The standard InChI is InChI=1S/C13H18ClN5/c1-2-7-19-8-6-16-12(19)9-11(18-15)13-10(14)4-3-5-17-13/h3-6,8,11,18H,2,7,9,15H2,1H3. The van der Waals surface area contributed by atoms with Gasteiger partial charge >= 0.3 is 0 Å². The molecule has 1 atom stereocenters. The molecule has 2 rings (SSSR count). The maximum absolute atomic E-state index is 6.15. The smallest absolute Gasteiger partial charge is 0.110 e. The molecule has 0 amide bonds. The number of nitrogens with two attached hydrogens (primary N) is 1. The van der Waals surface area contributed by atoms with E-state index in [9.17, 15) is 0 Å². The number of nitrogens with zero attached hydrogens (tertiary/aromatic N) is 3. The number of hydrazine groups is 1. The van der Waals surface area contributed by atoms with E-state index in [2.05, 4.69) is 26.9 Å². The molecule has 0 aliphatic carbocycles. The molecule has 0 fully saturated rings. The maximum atomic E-state index is 6.15. The van der Waals surface area contributed by atoms with Crippen molar-refractivity contribution in [3.63, 3.8) is 0 Å². The second kappa shape index (κ2) is 6.65. The summed E-state index contributed by atoms with van der Waals surface area (Å²) in [6.07, 6.45) is 7.21. The highest BCUT2D eigenvalue weighted by Gasteiger charge is 2.17. The number of aromatic nitrogens is 3. The van der Waals surface area contributed by atoms with Gasteiger partial charge in [-0.25, -0.2) is 4.98 Å². The molecule has 102 valence electrons. The molecule has 5 nitrogen and oxygen atoms in total. The molecule has 2 aromatic heterocycles. The third kappa shape index (κ3) is 3.32. The maximum Gasteiger partial charge on any atom is 0.110 e. The van der Waals surface area contributed by atoms with Crippen molar-refractivity contribution in [3.8, 4) is 0 Å². The van der Waals surface area contributed by atoms with E-state index in [1.54, 1.807) is 18.5 Å². The van der Waals surface area contributed by atoms with E-state index in [4.69, 9.17) is 17.4 Å². The molecule has 0 saturated carbocycles. The number of hydrogen-bond acceptors (Lipinski definition) is 4. The van der Waals surface area contributed by atoms with Gasteiger partial charge in [-0.3, -0.25) is 16.3 Å². The van der Waals surface area contributed by atoms with Crippen LogP contribution in [0.1, 0.15) is 30.9 Å². The molecule has 0 spiro atoms. The van der Waals surface area contributed by atoms with Crippen LogP contribution in [-0.4, -0.2) is 14.5 Å². The van der Waals surface area contributed by atoms with Gasteiger partial charge in [-0.15, -0.1) is 0 Å². The molecule has 0 saturated heterocycles. The van der Waals surface area contributed by atoms with Gasteiger partial charge in [0.2, 0.25) is 0 Å². The zero-order valence-corrected chi connectivity index (χ0v) is 11.6. The predicted octanol–water partition coefficient (Wildman–Crippen LogP) is 2.09. The molecular weight excluding hydrogens is 262 g/mol. The van der Waals surface area contributed by atoms with Crippen LogP contribution in [0.5, 0.6) is 0 Å². The summed E-state index contributed by atoms with van der Waals surface area (Å²) in [5.41, 5.74) is 3.51. The van der Waals surface area contributed by atoms with E-state index in [0.29, 0.717) is 11.4 Å². The summed E-state index contributed by atoms with van der Waals surface area (Å²) in [7, 11) is 0. The third-order valence-electron chi connectivity index (χ3n) is 2.97. The second-order valence-electron chi connectivity index (χ2n) is 4.33. The normalized spacial score (nSPS) is 12.6. The Hall–Kier alpha value is -1.43. The van der Waals surface area contributed by atoms with Gasteiger partial charge in [-0.05, 0) is 18.6 Å². The molecule has 0 aromatic carbocycles. The lowest BCUT2D eigenvalue weighted by Crippen LogP contribution is -2.31. The molecule has 6 heteroatoms. The lowest BCUT2D eigenvalue weighted by atomic mass is 10.1. The summed E-state index contributed by atoms with van der Waals surface area (Å²) in [5.74, 6) is 6.61. The third-order valence-corrected chi connectivity index (χ3v) is 3.29. The summed E-state index contributed by atoms with van der Waals surface area (Å²) in [6, 6.07) is 3.47. The van der Waals surface area contributed by atoms with Crippen LogP contribution >= 0.6 is 11.6 Å². The van der Waals surface area contributed by atoms with Crippen molar-refractivity contribution in [1.29, 1.82) is 0 Å². The van der Waals surface area contributed by atoms with Crippen molar-refractivity contribution in [1.82, 2.24) is 20.0 Å². The number of nitrogens with one attached hydrogen (secondary N) is 1. The summed E-state index contributed by atoms with van der Waals surface area (Å²) >= 11 is 6.15. The zero-order chi connectivity index (χ0) is 13.7. The zero-order valence-electron chi connectivity index (χ0n) is 10.9. The van der Waals surface area contributed by atoms with E-state index < -0.39 is 0 Å². The van der Waals surface area contributed by atoms with Gasteiger partial charge in [0, 0.05) is 31.6 Å². The fourth-order valence-corrected chi connectivity index (χ4v) is 2.30. The van der Waals surface area contributed by atoms with Gasteiger partial charge in [0.1, 0.15) is 5.82 Å². The molecule has 2 aromatic rings. The first-order chi connectivity index (χ1) is 9.26. The summed E-state index contributed by atoms with van der Waals surface area (Å²) in [5, 5.41) is 0.610. The Labute approximate surface area is 117 Å². The molecule has 0 bridgehead atoms. The number of hydrogen-bond donors (Lipinski definition) is 2. The van der Waals surface area contributed by atoms with Crippen LogP contribution < -0.4 is 11.3 Å². The highest BCUT2D eigenvalue weighted by molar-refractivity contribution is 6.31. The van der Waals surface area contributed by atoms with Crippen LogP contribution in [0.25, 0.3) is 0 Å². The van der Waals surface area contributed by atoms with Gasteiger partial charge in [-0.2, -0.15) is 0 Å². The topological polar surface area (TPSA) is 68.8 Å². The highest BCUT2D eigenvalue weighted by Crippen LogP contribution is 2.22. The number of aryl methyl sites for hydroxylation is 1. The van der Waals surface area contributed by atoms with E-state index >= 15 is 0 Å². The Kier molecular flexibility index (Phi) is 4.90. The fraction of sp³-hybridized carbons (Fsp3) is 0.385. The molecular formula is C13H18ClN5. The molecule has 1 unspecified atom stereocenters. The monoisotopic (exact) mass is 279 g/mol. The Morgan fingerprint density at radius 1 is 1.42 bits per heavy atom. The Balaban J connectivity index is 2.19. The van der Waals surface area contributed by atoms with Crippen LogP contribution in [0.3, 0.4) is 0 Å². The SMILES string of the molecule is CCCn1ccnc1CC(NN)c1ncccc1Cl. The highest BCUT2D eigenvalue weighted by atomic mass is 35.5. The predicted molar refractivity (Wildman–Crippen MR) is 75.5 cm³/mol. The van der Waals surface area contributed by atoms with Crippen molar-refractivity contribution in [2.45, 2.75) is 32.4 Å². The number of imidazole rings is 1. The summed E-state index contributed by atoms with van der Waals surface area (Å²) in [6.45, 7) is 3.08. The van der Waals surface area contributed by atoms with Crippen molar-refractivity contribution in [2.24, 2.45) is 5.84 Å².